The quantitative estimate of drug-likeness (QED) is 0.732. The van der Waals surface area contributed by atoms with E-state index in [1.807, 2.05) is 47.8 Å². The minimum absolute atomic E-state index is 0.101. The summed E-state index contributed by atoms with van der Waals surface area (Å²) in [5, 5.41) is 5.83. The molecule has 0 saturated heterocycles. The van der Waals surface area contributed by atoms with Gasteiger partial charge in [0, 0.05) is 21.0 Å². The minimum atomic E-state index is -0.101. The molecule has 1 aromatic heterocycles. The van der Waals surface area contributed by atoms with Crippen LogP contribution in [0.2, 0.25) is 0 Å². The molecule has 110 valence electrons. The van der Waals surface area contributed by atoms with Crippen molar-refractivity contribution in [1.29, 1.82) is 0 Å². The van der Waals surface area contributed by atoms with Crippen molar-refractivity contribution < 1.29 is 4.79 Å². The maximum atomic E-state index is 12.1. The molecule has 0 unspecified atom stereocenters. The lowest BCUT2D eigenvalue weighted by molar-refractivity contribution is 0.0950. The van der Waals surface area contributed by atoms with Gasteiger partial charge < -0.3 is 5.32 Å². The second-order valence-electron chi connectivity index (χ2n) is 4.70. The van der Waals surface area contributed by atoms with Crippen molar-refractivity contribution in [2.75, 3.05) is 0 Å². The Morgan fingerprint density at radius 1 is 1.14 bits per heavy atom. The van der Waals surface area contributed by atoms with E-state index in [4.69, 9.17) is 0 Å². The zero-order valence-electron chi connectivity index (χ0n) is 11.6. The summed E-state index contributed by atoms with van der Waals surface area (Å²) in [5.74, 6) is -0.101. The number of carbonyl (C=O) groups is 1. The van der Waals surface area contributed by atoms with Crippen molar-refractivity contribution >= 4 is 33.2 Å². The fourth-order valence-corrected chi connectivity index (χ4v) is 3.23. The lowest BCUT2D eigenvalue weighted by atomic mass is 10.2. The Morgan fingerprint density at radius 2 is 1.95 bits per heavy atom. The van der Waals surface area contributed by atoms with E-state index in [2.05, 4.69) is 26.2 Å². The molecule has 3 rings (SSSR count). The molecule has 0 bridgehead atoms. The van der Waals surface area contributed by atoms with Crippen LogP contribution in [0.15, 0.2) is 64.5 Å². The maximum Gasteiger partial charge on any atom is 0.251 e. The Labute approximate surface area is 141 Å². The van der Waals surface area contributed by atoms with Crippen molar-refractivity contribution in [3.63, 3.8) is 0 Å². The summed E-state index contributed by atoms with van der Waals surface area (Å²) in [5.41, 5.74) is 2.59. The van der Waals surface area contributed by atoms with Crippen LogP contribution in [0.25, 0.3) is 10.6 Å². The average Bonchev–Trinajstić information content (AvgIpc) is 3.02. The third-order valence-corrected chi connectivity index (χ3v) is 4.52. The smallest absolute Gasteiger partial charge is 0.251 e. The number of hydrogen-bond donors (Lipinski definition) is 1. The summed E-state index contributed by atoms with van der Waals surface area (Å²) in [7, 11) is 0. The van der Waals surface area contributed by atoms with E-state index in [-0.39, 0.29) is 5.91 Å². The molecule has 1 N–H and O–H groups in total. The number of rotatable bonds is 4. The van der Waals surface area contributed by atoms with Crippen molar-refractivity contribution in [3.8, 4) is 10.6 Å². The van der Waals surface area contributed by atoms with Gasteiger partial charge in [0.25, 0.3) is 5.91 Å². The van der Waals surface area contributed by atoms with Crippen LogP contribution in [-0.2, 0) is 6.54 Å². The van der Waals surface area contributed by atoms with Crippen LogP contribution in [0, 0.1) is 0 Å². The van der Waals surface area contributed by atoms with E-state index in [1.165, 1.54) is 0 Å². The first-order valence-electron chi connectivity index (χ1n) is 6.76. The molecule has 0 atom stereocenters. The molecule has 3 aromatic rings. The highest BCUT2D eigenvalue weighted by atomic mass is 79.9. The number of nitrogens with one attached hydrogen (secondary N) is 1. The van der Waals surface area contributed by atoms with E-state index in [0.29, 0.717) is 12.1 Å². The van der Waals surface area contributed by atoms with E-state index in [1.54, 1.807) is 23.5 Å². The second kappa shape index (κ2) is 6.85. The number of aromatic nitrogens is 1. The summed E-state index contributed by atoms with van der Waals surface area (Å²) in [6.45, 7) is 0.425. The monoisotopic (exact) mass is 372 g/mol. The molecule has 0 fully saturated rings. The first-order valence-corrected chi connectivity index (χ1v) is 8.43. The largest absolute Gasteiger partial charge is 0.346 e. The number of carbonyl (C=O) groups excluding carboxylic acids is 1. The lowest BCUT2D eigenvalue weighted by Gasteiger charge is -2.03. The van der Waals surface area contributed by atoms with Gasteiger partial charge in [0.05, 0.1) is 12.2 Å². The molecule has 2 aromatic carbocycles. The average molecular weight is 373 g/mol. The summed E-state index contributed by atoms with van der Waals surface area (Å²) >= 11 is 4.95. The van der Waals surface area contributed by atoms with Gasteiger partial charge in [-0.1, -0.05) is 52.3 Å². The molecule has 22 heavy (non-hydrogen) atoms. The summed E-state index contributed by atoms with van der Waals surface area (Å²) in [4.78, 5) is 16.6. The van der Waals surface area contributed by atoms with Crippen molar-refractivity contribution in [3.05, 3.63) is 75.7 Å². The van der Waals surface area contributed by atoms with Crippen LogP contribution in [0.4, 0.5) is 0 Å². The van der Waals surface area contributed by atoms with Gasteiger partial charge in [-0.25, -0.2) is 4.98 Å². The molecule has 0 aliphatic heterocycles. The standard InChI is InChI=1S/C17H13BrN2OS/c18-14-8-4-7-13(9-14)16(21)19-10-15-11-22-17(20-15)12-5-2-1-3-6-12/h1-9,11H,10H2,(H,19,21). The van der Waals surface area contributed by atoms with Gasteiger partial charge in [-0.15, -0.1) is 11.3 Å². The van der Waals surface area contributed by atoms with Crippen LogP contribution in [-0.4, -0.2) is 10.9 Å². The zero-order valence-corrected chi connectivity index (χ0v) is 14.0. The zero-order chi connectivity index (χ0) is 15.4. The molecular formula is C17H13BrN2OS. The molecule has 0 saturated carbocycles. The number of benzene rings is 2. The Morgan fingerprint density at radius 3 is 2.73 bits per heavy atom. The first kappa shape index (κ1) is 14.9. The van der Waals surface area contributed by atoms with Gasteiger partial charge in [0.2, 0.25) is 0 Å². The Balaban J connectivity index is 1.65. The number of amides is 1. The second-order valence-corrected chi connectivity index (χ2v) is 6.48. The lowest BCUT2D eigenvalue weighted by Crippen LogP contribution is -2.22. The molecule has 5 heteroatoms. The molecule has 0 aliphatic carbocycles. The molecule has 3 nitrogen and oxygen atoms in total. The third kappa shape index (κ3) is 3.61. The molecule has 0 spiro atoms. The van der Waals surface area contributed by atoms with Crippen LogP contribution in [0.1, 0.15) is 16.1 Å². The summed E-state index contributed by atoms with van der Waals surface area (Å²) < 4.78 is 0.889. The van der Waals surface area contributed by atoms with Gasteiger partial charge in [0.15, 0.2) is 0 Å². The highest BCUT2D eigenvalue weighted by molar-refractivity contribution is 9.10. The molecular weight excluding hydrogens is 360 g/mol. The van der Waals surface area contributed by atoms with Gasteiger partial charge in [-0.05, 0) is 18.2 Å². The van der Waals surface area contributed by atoms with Crippen molar-refractivity contribution in [1.82, 2.24) is 10.3 Å². The summed E-state index contributed by atoms with van der Waals surface area (Å²) in [6.07, 6.45) is 0. The Bertz CT molecular complexity index is 786. The predicted molar refractivity (Wildman–Crippen MR) is 92.9 cm³/mol. The third-order valence-electron chi connectivity index (χ3n) is 3.09. The number of nitrogens with zero attached hydrogens (tertiary/aromatic N) is 1. The highest BCUT2D eigenvalue weighted by Crippen LogP contribution is 2.23. The van der Waals surface area contributed by atoms with Crippen LogP contribution >= 0.6 is 27.3 Å². The van der Waals surface area contributed by atoms with Gasteiger partial charge in [-0.2, -0.15) is 0 Å². The van der Waals surface area contributed by atoms with Crippen LogP contribution < -0.4 is 5.32 Å². The van der Waals surface area contributed by atoms with Crippen LogP contribution in [0.3, 0.4) is 0 Å². The topological polar surface area (TPSA) is 42.0 Å². The van der Waals surface area contributed by atoms with E-state index in [9.17, 15) is 4.79 Å². The van der Waals surface area contributed by atoms with Crippen LogP contribution in [0.5, 0.6) is 0 Å². The molecule has 1 heterocycles. The molecule has 0 radical (unpaired) electrons. The first-order chi connectivity index (χ1) is 10.7. The van der Waals surface area contributed by atoms with Crippen molar-refractivity contribution in [2.45, 2.75) is 6.54 Å². The van der Waals surface area contributed by atoms with E-state index >= 15 is 0 Å². The van der Waals surface area contributed by atoms with E-state index in [0.717, 1.165) is 20.7 Å². The highest BCUT2D eigenvalue weighted by Gasteiger charge is 2.08. The summed E-state index contributed by atoms with van der Waals surface area (Å²) in [6, 6.07) is 17.3. The Hall–Kier alpha value is -1.98. The van der Waals surface area contributed by atoms with Crippen molar-refractivity contribution in [2.24, 2.45) is 0 Å². The SMILES string of the molecule is O=C(NCc1csc(-c2ccccc2)n1)c1cccc(Br)c1. The number of thiazole rings is 1. The number of hydrogen-bond acceptors (Lipinski definition) is 3. The fourth-order valence-electron chi connectivity index (χ4n) is 2.00. The fraction of sp³-hybridized carbons (Fsp3) is 0.0588. The molecule has 1 amide bonds. The predicted octanol–water partition coefficient (Wildman–Crippen LogP) is 4.50. The molecule has 0 aliphatic rings. The van der Waals surface area contributed by atoms with Gasteiger partial charge in [0.1, 0.15) is 5.01 Å². The normalized spacial score (nSPS) is 10.4. The Kier molecular flexibility index (Phi) is 4.65. The van der Waals surface area contributed by atoms with E-state index < -0.39 is 0 Å². The minimum Gasteiger partial charge on any atom is -0.346 e. The number of halogens is 1. The maximum absolute atomic E-state index is 12.1. The van der Waals surface area contributed by atoms with Gasteiger partial charge in [-0.3, -0.25) is 4.79 Å². The van der Waals surface area contributed by atoms with Gasteiger partial charge >= 0.3 is 0 Å².